The van der Waals surface area contributed by atoms with Crippen LogP contribution in [0.5, 0.6) is 0 Å². The molecule has 0 aliphatic carbocycles. The molecule has 1 aromatic carbocycles. The summed E-state index contributed by atoms with van der Waals surface area (Å²) in [7, 11) is 0. The Morgan fingerprint density at radius 3 is 2.47 bits per heavy atom. The van der Waals surface area contributed by atoms with Gasteiger partial charge < -0.3 is 5.32 Å². The van der Waals surface area contributed by atoms with Crippen LogP contribution in [0.15, 0.2) is 18.2 Å². The fourth-order valence-electron chi connectivity index (χ4n) is 1.23. The van der Waals surface area contributed by atoms with E-state index in [0.717, 1.165) is 5.56 Å². The normalized spacial score (nSPS) is 11.4. The maximum Gasteiger partial charge on any atom is 0.251 e. The van der Waals surface area contributed by atoms with Gasteiger partial charge in [0.15, 0.2) is 0 Å². The highest BCUT2D eigenvalue weighted by Crippen LogP contribution is 2.18. The second kappa shape index (κ2) is 6.21. The average molecular weight is 384 g/mol. The number of carbonyl (C=O) groups excluding carboxylic acids is 1. The molecule has 1 aromatic rings. The van der Waals surface area contributed by atoms with E-state index in [9.17, 15) is 4.79 Å². The monoisotopic (exact) mass is 381 g/mol. The molecular weight excluding hydrogens is 369 g/mol. The molecule has 1 amide bonds. The summed E-state index contributed by atoms with van der Waals surface area (Å²) in [6.07, 6.45) is 0. The Morgan fingerprint density at radius 1 is 1.41 bits per heavy atom. The molecule has 0 atom stereocenters. The number of hydrogen-bond acceptors (Lipinski definition) is 1. The maximum atomic E-state index is 12.0. The smallest absolute Gasteiger partial charge is 0.251 e. The minimum atomic E-state index is -0.301. The standard InChI is InChI=1S/C12H14Br2ClNO/c1-8-5-9(3-4-10(8)15)11(17)16-12(2,6-13)7-14/h3-5H,6-7H2,1-2H3,(H,16,17). The Morgan fingerprint density at radius 2 is 2.00 bits per heavy atom. The van der Waals surface area contributed by atoms with Gasteiger partial charge in [0, 0.05) is 21.2 Å². The predicted molar refractivity (Wildman–Crippen MR) is 79.6 cm³/mol. The first kappa shape index (κ1) is 15.0. The van der Waals surface area contributed by atoms with Crippen molar-refractivity contribution >= 4 is 49.4 Å². The van der Waals surface area contributed by atoms with Crippen LogP contribution in [0.25, 0.3) is 0 Å². The summed E-state index contributed by atoms with van der Waals surface area (Å²) in [5.74, 6) is -0.0915. The van der Waals surface area contributed by atoms with E-state index in [-0.39, 0.29) is 11.4 Å². The van der Waals surface area contributed by atoms with Crippen molar-refractivity contribution < 1.29 is 4.79 Å². The van der Waals surface area contributed by atoms with Gasteiger partial charge in [-0.3, -0.25) is 4.79 Å². The topological polar surface area (TPSA) is 29.1 Å². The molecule has 0 unspecified atom stereocenters. The predicted octanol–water partition coefficient (Wildman–Crippen LogP) is 3.93. The zero-order valence-electron chi connectivity index (χ0n) is 9.69. The summed E-state index contributed by atoms with van der Waals surface area (Å²) in [6, 6.07) is 5.26. The minimum Gasteiger partial charge on any atom is -0.345 e. The molecule has 0 radical (unpaired) electrons. The number of halogens is 3. The summed E-state index contributed by atoms with van der Waals surface area (Å²) < 4.78 is 0. The van der Waals surface area contributed by atoms with Crippen LogP contribution < -0.4 is 5.32 Å². The molecule has 94 valence electrons. The maximum absolute atomic E-state index is 12.0. The zero-order valence-corrected chi connectivity index (χ0v) is 13.6. The Kier molecular flexibility index (Phi) is 5.48. The van der Waals surface area contributed by atoms with Crippen molar-refractivity contribution in [2.24, 2.45) is 0 Å². The van der Waals surface area contributed by atoms with Gasteiger partial charge in [0.1, 0.15) is 0 Å². The molecule has 0 heterocycles. The average Bonchev–Trinajstić information content (AvgIpc) is 2.32. The fraction of sp³-hybridized carbons (Fsp3) is 0.417. The first-order chi connectivity index (χ1) is 7.91. The lowest BCUT2D eigenvalue weighted by Crippen LogP contribution is -2.48. The van der Waals surface area contributed by atoms with Crippen molar-refractivity contribution in [3.05, 3.63) is 34.3 Å². The minimum absolute atomic E-state index is 0.0915. The number of aryl methyl sites for hydroxylation is 1. The summed E-state index contributed by atoms with van der Waals surface area (Å²) in [5.41, 5.74) is 1.23. The van der Waals surface area contributed by atoms with E-state index >= 15 is 0 Å². The number of benzene rings is 1. The number of amides is 1. The molecule has 0 aliphatic rings. The molecule has 0 aromatic heterocycles. The molecule has 0 fully saturated rings. The summed E-state index contributed by atoms with van der Waals surface area (Å²) in [4.78, 5) is 12.0. The first-order valence-corrected chi connectivity index (χ1v) is 7.74. The lowest BCUT2D eigenvalue weighted by Gasteiger charge is -2.26. The highest BCUT2D eigenvalue weighted by atomic mass is 79.9. The second-order valence-electron chi connectivity index (χ2n) is 4.25. The number of hydrogen-bond donors (Lipinski definition) is 1. The summed E-state index contributed by atoms with van der Waals surface area (Å²) in [5, 5.41) is 5.02. The second-order valence-corrected chi connectivity index (χ2v) is 5.77. The third-order valence-electron chi connectivity index (χ3n) is 2.43. The van der Waals surface area contributed by atoms with Crippen LogP contribution in [0.2, 0.25) is 5.02 Å². The number of alkyl halides is 2. The third-order valence-corrected chi connectivity index (χ3v) is 5.32. The van der Waals surface area contributed by atoms with Crippen LogP contribution >= 0.6 is 43.5 Å². The SMILES string of the molecule is Cc1cc(C(=O)NC(C)(CBr)CBr)ccc1Cl. The van der Waals surface area contributed by atoms with Gasteiger partial charge in [-0.25, -0.2) is 0 Å². The molecule has 0 aliphatic heterocycles. The number of nitrogens with one attached hydrogen (secondary N) is 1. The molecule has 5 heteroatoms. The van der Waals surface area contributed by atoms with Gasteiger partial charge in [0.2, 0.25) is 0 Å². The third kappa shape index (κ3) is 3.97. The van der Waals surface area contributed by atoms with Crippen LogP contribution in [0.3, 0.4) is 0 Å². The molecule has 1 rings (SSSR count). The zero-order chi connectivity index (χ0) is 13.1. The van der Waals surface area contributed by atoms with Gasteiger partial charge in [-0.15, -0.1) is 0 Å². The van der Waals surface area contributed by atoms with Crippen molar-refractivity contribution in [3.63, 3.8) is 0 Å². The Balaban J connectivity index is 2.86. The van der Waals surface area contributed by atoms with Crippen LogP contribution in [-0.2, 0) is 0 Å². The van der Waals surface area contributed by atoms with Crippen molar-refractivity contribution in [3.8, 4) is 0 Å². The summed E-state index contributed by atoms with van der Waals surface area (Å²) >= 11 is 12.7. The van der Waals surface area contributed by atoms with Crippen molar-refractivity contribution in [2.75, 3.05) is 10.7 Å². The van der Waals surface area contributed by atoms with Crippen molar-refractivity contribution in [1.29, 1.82) is 0 Å². The number of carbonyl (C=O) groups is 1. The van der Waals surface area contributed by atoms with Gasteiger partial charge >= 0.3 is 0 Å². The molecule has 0 saturated carbocycles. The highest BCUT2D eigenvalue weighted by Gasteiger charge is 2.24. The molecule has 0 saturated heterocycles. The number of rotatable bonds is 4. The van der Waals surface area contributed by atoms with Crippen molar-refractivity contribution in [2.45, 2.75) is 19.4 Å². The van der Waals surface area contributed by atoms with Crippen LogP contribution in [0.4, 0.5) is 0 Å². The Labute approximate surface area is 123 Å². The Hall–Kier alpha value is -0.0600. The Bertz CT molecular complexity index is 419. The van der Waals surface area contributed by atoms with Gasteiger partial charge in [-0.2, -0.15) is 0 Å². The summed E-state index contributed by atoms with van der Waals surface area (Å²) in [6.45, 7) is 3.85. The van der Waals surface area contributed by atoms with E-state index in [4.69, 9.17) is 11.6 Å². The molecule has 2 nitrogen and oxygen atoms in total. The van der Waals surface area contributed by atoms with Gasteiger partial charge in [-0.05, 0) is 37.6 Å². The fourth-order valence-corrected chi connectivity index (χ4v) is 2.56. The molecule has 17 heavy (non-hydrogen) atoms. The first-order valence-electron chi connectivity index (χ1n) is 5.12. The van der Waals surface area contributed by atoms with E-state index in [2.05, 4.69) is 37.2 Å². The molecule has 0 bridgehead atoms. The molecular formula is C12H14Br2ClNO. The van der Waals surface area contributed by atoms with Crippen molar-refractivity contribution in [1.82, 2.24) is 5.32 Å². The van der Waals surface area contributed by atoms with E-state index in [1.807, 2.05) is 13.8 Å². The van der Waals surface area contributed by atoms with Crippen LogP contribution in [-0.4, -0.2) is 22.1 Å². The van der Waals surface area contributed by atoms with Gasteiger partial charge in [0.05, 0.1) is 5.54 Å². The quantitative estimate of drug-likeness (QED) is 0.785. The van der Waals surface area contributed by atoms with Crippen LogP contribution in [0, 0.1) is 6.92 Å². The van der Waals surface area contributed by atoms with E-state index in [1.165, 1.54) is 0 Å². The van der Waals surface area contributed by atoms with Gasteiger partial charge in [0.25, 0.3) is 5.91 Å². The highest BCUT2D eigenvalue weighted by molar-refractivity contribution is 9.09. The molecule has 0 spiro atoms. The lowest BCUT2D eigenvalue weighted by atomic mass is 10.1. The van der Waals surface area contributed by atoms with E-state index < -0.39 is 0 Å². The van der Waals surface area contributed by atoms with E-state index in [1.54, 1.807) is 18.2 Å². The molecule has 1 N–H and O–H groups in total. The lowest BCUT2D eigenvalue weighted by molar-refractivity contribution is 0.0923. The largest absolute Gasteiger partial charge is 0.345 e. The van der Waals surface area contributed by atoms with Crippen LogP contribution in [0.1, 0.15) is 22.8 Å². The van der Waals surface area contributed by atoms with E-state index in [0.29, 0.717) is 21.2 Å². The van der Waals surface area contributed by atoms with Gasteiger partial charge in [-0.1, -0.05) is 43.5 Å².